The van der Waals surface area contributed by atoms with E-state index in [0.29, 0.717) is 0 Å². The molecule has 8 aromatic carbocycles. The number of allylic oxidation sites excluding steroid dienone is 2. The molecule has 0 radical (unpaired) electrons. The van der Waals surface area contributed by atoms with Crippen LogP contribution in [0.3, 0.4) is 0 Å². The molecule has 0 aliphatic carbocycles. The van der Waals surface area contributed by atoms with Crippen molar-refractivity contribution in [3.63, 3.8) is 0 Å². The Morgan fingerprint density at radius 3 is 1.48 bits per heavy atom. The molecule has 0 saturated carbocycles. The van der Waals surface area contributed by atoms with E-state index in [1.807, 2.05) is 12.1 Å². The van der Waals surface area contributed by atoms with Gasteiger partial charge in [0.1, 0.15) is 0 Å². The van der Waals surface area contributed by atoms with E-state index in [-0.39, 0.29) is 0 Å². The van der Waals surface area contributed by atoms with Crippen LogP contribution in [0.15, 0.2) is 243 Å². The number of fused-ring (bicyclic) bond motifs is 1. The molecule has 292 valence electrons. The molecule has 1 aliphatic heterocycles. The fourth-order valence-electron chi connectivity index (χ4n) is 8.38. The summed E-state index contributed by atoms with van der Waals surface area (Å²) in [6.07, 6.45) is 2.27. The first-order valence-electron chi connectivity index (χ1n) is 21.0. The minimum absolute atomic E-state index is 0.932. The Hall–Kier alpha value is -8.29. The third-order valence-electron chi connectivity index (χ3n) is 11.5. The number of hydrogen-bond acceptors (Lipinski definition) is 2. The highest BCUT2D eigenvalue weighted by Crippen LogP contribution is 2.42. The van der Waals surface area contributed by atoms with Crippen molar-refractivity contribution in [2.45, 2.75) is 0 Å². The molecule has 0 saturated heterocycles. The molecule has 0 atom stereocenters. The van der Waals surface area contributed by atoms with Gasteiger partial charge in [0.25, 0.3) is 0 Å². The van der Waals surface area contributed by atoms with E-state index >= 15 is 0 Å². The average molecular weight is 791 g/mol. The van der Waals surface area contributed by atoms with Gasteiger partial charge in [0.15, 0.2) is 0 Å². The van der Waals surface area contributed by atoms with Crippen molar-refractivity contribution in [2.75, 3.05) is 0 Å². The fourth-order valence-corrected chi connectivity index (χ4v) is 8.38. The first-order valence-corrected chi connectivity index (χ1v) is 21.0. The van der Waals surface area contributed by atoms with Crippen molar-refractivity contribution < 1.29 is 0 Å². The normalized spacial score (nSPS) is 12.6. The Balaban J connectivity index is 1.11. The Morgan fingerprint density at radius 2 is 0.855 bits per heavy atom. The second-order valence-electron chi connectivity index (χ2n) is 15.4. The first-order chi connectivity index (χ1) is 30.7. The second-order valence-corrected chi connectivity index (χ2v) is 15.4. The number of pyridine rings is 1. The van der Waals surface area contributed by atoms with E-state index < -0.39 is 0 Å². The van der Waals surface area contributed by atoms with Crippen molar-refractivity contribution in [3.8, 4) is 55.9 Å². The van der Waals surface area contributed by atoms with E-state index in [4.69, 9.17) is 4.98 Å². The van der Waals surface area contributed by atoms with Gasteiger partial charge in [-0.1, -0.05) is 207 Å². The zero-order valence-corrected chi connectivity index (χ0v) is 34.2. The summed E-state index contributed by atoms with van der Waals surface area (Å²) in [6.45, 7) is 4.22. The smallest absolute Gasteiger partial charge is 0.0715 e. The van der Waals surface area contributed by atoms with Crippen LogP contribution in [0, 0.1) is 0 Å². The molecule has 1 N–H and O–H groups in total. The van der Waals surface area contributed by atoms with E-state index in [1.165, 1.54) is 5.56 Å². The van der Waals surface area contributed by atoms with Crippen LogP contribution in [0.4, 0.5) is 0 Å². The van der Waals surface area contributed by atoms with Gasteiger partial charge in [-0.2, -0.15) is 0 Å². The van der Waals surface area contributed by atoms with Gasteiger partial charge < -0.3 is 5.32 Å². The second kappa shape index (κ2) is 17.1. The topological polar surface area (TPSA) is 24.9 Å². The fraction of sp³-hybridized carbons (Fsp3) is 0. The highest BCUT2D eigenvalue weighted by molar-refractivity contribution is 6.17. The minimum Gasteiger partial charge on any atom is -0.354 e. The Morgan fingerprint density at radius 1 is 0.387 bits per heavy atom. The molecule has 9 aromatic rings. The quantitative estimate of drug-likeness (QED) is 0.147. The molecule has 2 heterocycles. The van der Waals surface area contributed by atoms with Crippen LogP contribution >= 0.6 is 0 Å². The monoisotopic (exact) mass is 790 g/mol. The van der Waals surface area contributed by atoms with Gasteiger partial charge >= 0.3 is 0 Å². The summed E-state index contributed by atoms with van der Waals surface area (Å²) < 4.78 is 0. The summed E-state index contributed by atoms with van der Waals surface area (Å²) in [4.78, 5) is 5.25. The molecule has 2 heteroatoms. The lowest BCUT2D eigenvalue weighted by Crippen LogP contribution is -2.18. The van der Waals surface area contributed by atoms with E-state index in [2.05, 4.69) is 242 Å². The average Bonchev–Trinajstić information content (AvgIpc) is 3.36. The number of nitrogens with one attached hydrogen (secondary N) is 1. The summed E-state index contributed by atoms with van der Waals surface area (Å²) >= 11 is 0. The van der Waals surface area contributed by atoms with Gasteiger partial charge in [-0.05, 0) is 92.0 Å². The summed E-state index contributed by atoms with van der Waals surface area (Å²) in [7, 11) is 0. The molecule has 0 spiro atoms. The lowest BCUT2D eigenvalue weighted by molar-refractivity contribution is 1.22. The molecule has 0 amide bonds. The van der Waals surface area contributed by atoms with Crippen LogP contribution in [0.2, 0.25) is 0 Å². The van der Waals surface area contributed by atoms with E-state index in [0.717, 1.165) is 101 Å². The van der Waals surface area contributed by atoms with Gasteiger partial charge in [0.05, 0.1) is 17.1 Å². The van der Waals surface area contributed by atoms with Crippen molar-refractivity contribution in [1.82, 2.24) is 10.3 Å². The molecule has 10 rings (SSSR count). The van der Waals surface area contributed by atoms with Crippen LogP contribution in [-0.2, 0) is 0 Å². The minimum atomic E-state index is 0.932. The molecule has 1 aromatic heterocycles. The summed E-state index contributed by atoms with van der Waals surface area (Å²) in [6, 6.07) is 81.3. The van der Waals surface area contributed by atoms with Crippen LogP contribution < -0.4 is 5.32 Å². The van der Waals surface area contributed by atoms with Crippen molar-refractivity contribution >= 4 is 28.6 Å². The van der Waals surface area contributed by atoms with Crippen molar-refractivity contribution in [2.24, 2.45) is 0 Å². The highest BCUT2D eigenvalue weighted by Gasteiger charge is 2.24. The lowest BCUT2D eigenvalue weighted by atomic mass is 9.85. The van der Waals surface area contributed by atoms with Gasteiger partial charge in [0, 0.05) is 33.5 Å². The van der Waals surface area contributed by atoms with Gasteiger partial charge in [-0.15, -0.1) is 5.73 Å². The SMILES string of the molecule is C=C=C(/C(=C1\NC(c2ccccc2)=Cc2cc(-c3cccc(-c4cc(-c5ccccc5)nc(-c5cccc(-c6ccccc6)c5)c4)c3)ccc21)c1ccccc1)c1ccccc1. The zero-order chi connectivity index (χ0) is 41.7. The van der Waals surface area contributed by atoms with Gasteiger partial charge in [-0.25, -0.2) is 4.98 Å². The zero-order valence-electron chi connectivity index (χ0n) is 34.2. The van der Waals surface area contributed by atoms with Crippen molar-refractivity contribution in [1.29, 1.82) is 0 Å². The maximum atomic E-state index is 5.25. The summed E-state index contributed by atoms with van der Waals surface area (Å²) in [5.41, 5.74) is 23.7. The van der Waals surface area contributed by atoms with E-state index in [1.54, 1.807) is 0 Å². The molecular weight excluding hydrogens is 749 g/mol. The Labute approximate surface area is 363 Å². The lowest BCUT2D eigenvalue weighted by Gasteiger charge is -2.27. The van der Waals surface area contributed by atoms with E-state index in [9.17, 15) is 0 Å². The largest absolute Gasteiger partial charge is 0.354 e. The number of aromatic nitrogens is 1. The third kappa shape index (κ3) is 7.78. The molecule has 0 bridgehead atoms. The number of nitrogens with zero attached hydrogens (tertiary/aromatic N) is 1. The Bertz CT molecular complexity index is 3160. The molecular formula is C60H42N2. The molecule has 1 aliphatic rings. The maximum Gasteiger partial charge on any atom is 0.0715 e. The van der Waals surface area contributed by atoms with Gasteiger partial charge in [-0.3, -0.25) is 0 Å². The Kier molecular flexibility index (Phi) is 10.5. The van der Waals surface area contributed by atoms with Gasteiger partial charge in [0.2, 0.25) is 0 Å². The molecule has 0 fully saturated rings. The first kappa shape index (κ1) is 37.9. The predicted octanol–water partition coefficient (Wildman–Crippen LogP) is 15.3. The predicted molar refractivity (Wildman–Crippen MR) is 261 cm³/mol. The highest BCUT2D eigenvalue weighted by atomic mass is 14.9. The number of rotatable bonds is 9. The third-order valence-corrected chi connectivity index (χ3v) is 11.5. The standard InChI is InChI=1S/C60H42N2/c1-2-54(43-22-10-4-11-23-43)59(46-28-16-7-17-29-46)60-55-35-34-50(38-53(55)41-57(62-60)45-26-14-6-15-27-45)48-31-18-32-49(36-48)52-39-56(44-24-12-5-13-25-44)61-58(40-52)51-33-19-30-47(37-51)42-20-8-3-9-21-42/h3-41,62H,1H2/b60-59-. The van der Waals surface area contributed by atoms with Crippen molar-refractivity contribution in [3.05, 3.63) is 271 Å². The number of benzene rings is 8. The van der Waals surface area contributed by atoms with Crippen LogP contribution in [0.25, 0.3) is 84.5 Å². The summed E-state index contributed by atoms with van der Waals surface area (Å²) in [5.74, 6) is 0. The van der Waals surface area contributed by atoms with Crippen LogP contribution in [0.1, 0.15) is 27.8 Å². The summed E-state index contributed by atoms with van der Waals surface area (Å²) in [5, 5.41) is 3.90. The van der Waals surface area contributed by atoms with Crippen LogP contribution in [-0.4, -0.2) is 4.98 Å². The number of hydrogen-bond donors (Lipinski definition) is 1. The van der Waals surface area contributed by atoms with Crippen LogP contribution in [0.5, 0.6) is 0 Å². The molecule has 62 heavy (non-hydrogen) atoms. The molecule has 0 unspecified atom stereocenters. The molecule has 2 nitrogen and oxygen atoms in total. The maximum absolute atomic E-state index is 5.25.